The van der Waals surface area contributed by atoms with Gasteiger partial charge in [0.15, 0.2) is 5.69 Å². The van der Waals surface area contributed by atoms with Crippen LogP contribution in [0.3, 0.4) is 0 Å². The van der Waals surface area contributed by atoms with Crippen molar-refractivity contribution in [1.82, 2.24) is 4.90 Å². The van der Waals surface area contributed by atoms with E-state index in [1.807, 2.05) is 4.90 Å². The Balaban J connectivity index is 2.49. The molecule has 0 spiro atoms. The number of anilines is 1. The van der Waals surface area contributed by atoms with Gasteiger partial charge in [-0.1, -0.05) is 0 Å². The number of piperazine rings is 1. The van der Waals surface area contributed by atoms with E-state index in [4.69, 9.17) is 5.11 Å². The summed E-state index contributed by atoms with van der Waals surface area (Å²) in [5.41, 5.74) is -3.76. The Labute approximate surface area is 139 Å². The van der Waals surface area contributed by atoms with Crippen molar-refractivity contribution in [1.29, 1.82) is 0 Å². The molecule has 25 heavy (non-hydrogen) atoms. The van der Waals surface area contributed by atoms with Crippen molar-refractivity contribution in [2.45, 2.75) is 6.18 Å². The second-order valence-electron chi connectivity index (χ2n) is 5.43. The van der Waals surface area contributed by atoms with Crippen molar-refractivity contribution in [3.63, 3.8) is 0 Å². The maximum Gasteiger partial charge on any atom is 0.416 e. The maximum absolute atomic E-state index is 12.9. The van der Waals surface area contributed by atoms with E-state index in [1.54, 1.807) is 0 Å². The number of nitro benzene ring substituents is 2. The molecule has 1 saturated heterocycles. The van der Waals surface area contributed by atoms with Gasteiger partial charge in [-0.25, -0.2) is 0 Å². The second kappa shape index (κ2) is 7.19. The highest BCUT2D eigenvalue weighted by Crippen LogP contribution is 2.43. The van der Waals surface area contributed by atoms with Gasteiger partial charge in [-0.3, -0.25) is 25.1 Å². The summed E-state index contributed by atoms with van der Waals surface area (Å²) in [6.07, 6.45) is -4.94. The average molecular weight is 364 g/mol. The minimum atomic E-state index is -4.94. The molecule has 0 unspecified atom stereocenters. The van der Waals surface area contributed by atoms with Gasteiger partial charge in [-0.15, -0.1) is 0 Å². The third kappa shape index (κ3) is 4.14. The molecule has 0 atom stereocenters. The van der Waals surface area contributed by atoms with Gasteiger partial charge in [-0.2, -0.15) is 13.2 Å². The molecule has 0 saturated carbocycles. The molecule has 1 aromatic carbocycles. The van der Waals surface area contributed by atoms with Crippen molar-refractivity contribution < 1.29 is 28.1 Å². The molecule has 0 bridgehead atoms. The third-order valence-corrected chi connectivity index (χ3v) is 3.90. The van der Waals surface area contributed by atoms with Crippen LogP contribution >= 0.6 is 0 Å². The van der Waals surface area contributed by atoms with Crippen molar-refractivity contribution >= 4 is 17.1 Å². The van der Waals surface area contributed by atoms with Crippen molar-refractivity contribution in [2.24, 2.45) is 0 Å². The summed E-state index contributed by atoms with van der Waals surface area (Å²) < 4.78 is 38.7. The van der Waals surface area contributed by atoms with E-state index < -0.39 is 38.6 Å². The highest BCUT2D eigenvalue weighted by molar-refractivity contribution is 5.76. The fourth-order valence-corrected chi connectivity index (χ4v) is 2.71. The van der Waals surface area contributed by atoms with Gasteiger partial charge in [0, 0.05) is 44.9 Å². The lowest BCUT2D eigenvalue weighted by Crippen LogP contribution is -2.47. The quantitative estimate of drug-likeness (QED) is 0.624. The molecule has 1 fully saturated rings. The van der Waals surface area contributed by atoms with Gasteiger partial charge in [0.1, 0.15) is 0 Å². The Hall–Kier alpha value is -2.47. The smallest absolute Gasteiger partial charge is 0.395 e. The molecule has 0 amide bonds. The number of rotatable bonds is 5. The Morgan fingerprint density at radius 1 is 1.04 bits per heavy atom. The summed E-state index contributed by atoms with van der Waals surface area (Å²) in [6.45, 7) is 1.36. The number of hydrogen-bond acceptors (Lipinski definition) is 7. The largest absolute Gasteiger partial charge is 0.416 e. The number of nitro groups is 2. The molecular formula is C13H15F3N4O5. The first kappa shape index (κ1) is 18.9. The second-order valence-corrected chi connectivity index (χ2v) is 5.43. The Morgan fingerprint density at radius 2 is 1.52 bits per heavy atom. The van der Waals surface area contributed by atoms with Crippen LogP contribution in [0.15, 0.2) is 12.1 Å². The third-order valence-electron chi connectivity index (χ3n) is 3.90. The van der Waals surface area contributed by atoms with E-state index in [0.29, 0.717) is 31.8 Å². The SMILES string of the molecule is O=[N+]([O-])c1cc(C(F)(F)F)cc([N+](=O)[O-])c1N1CCN(CCO)CC1. The van der Waals surface area contributed by atoms with E-state index in [1.165, 1.54) is 4.90 Å². The van der Waals surface area contributed by atoms with E-state index in [0.717, 1.165) is 0 Å². The summed E-state index contributed by atoms with van der Waals surface area (Å²) in [4.78, 5) is 23.6. The Bertz CT molecular complexity index is 639. The van der Waals surface area contributed by atoms with Crippen LogP contribution < -0.4 is 4.90 Å². The van der Waals surface area contributed by atoms with Crippen LogP contribution in [0.4, 0.5) is 30.2 Å². The van der Waals surface area contributed by atoms with Gasteiger partial charge in [0.05, 0.1) is 22.0 Å². The van der Waals surface area contributed by atoms with Crippen LogP contribution in [-0.4, -0.2) is 59.2 Å². The van der Waals surface area contributed by atoms with Crippen LogP contribution in [0.2, 0.25) is 0 Å². The minimum absolute atomic E-state index is 0.0828. The molecule has 9 nitrogen and oxygen atoms in total. The molecule has 1 heterocycles. The number of hydrogen-bond donors (Lipinski definition) is 1. The van der Waals surface area contributed by atoms with E-state index >= 15 is 0 Å². The average Bonchev–Trinajstić information content (AvgIpc) is 2.53. The van der Waals surface area contributed by atoms with Gasteiger partial charge in [0.25, 0.3) is 11.4 Å². The van der Waals surface area contributed by atoms with Gasteiger partial charge < -0.3 is 10.0 Å². The minimum Gasteiger partial charge on any atom is -0.395 e. The van der Waals surface area contributed by atoms with Crippen LogP contribution in [0, 0.1) is 20.2 Å². The number of aliphatic hydroxyl groups is 1. The summed E-state index contributed by atoms with van der Waals surface area (Å²) in [6, 6.07) is 0.644. The molecule has 138 valence electrons. The van der Waals surface area contributed by atoms with E-state index in [2.05, 4.69) is 0 Å². The van der Waals surface area contributed by atoms with E-state index in [9.17, 15) is 33.4 Å². The molecule has 2 rings (SSSR count). The van der Waals surface area contributed by atoms with Gasteiger partial charge >= 0.3 is 6.18 Å². The predicted molar refractivity (Wildman–Crippen MR) is 80.5 cm³/mol. The van der Waals surface area contributed by atoms with Crippen LogP contribution in [0.25, 0.3) is 0 Å². The molecule has 0 aliphatic carbocycles. The van der Waals surface area contributed by atoms with Gasteiger partial charge in [-0.05, 0) is 0 Å². The number of β-amino-alcohol motifs (C(OH)–C–C–N with tert-alkyl or cyclic N) is 1. The fourth-order valence-electron chi connectivity index (χ4n) is 2.71. The first-order valence-corrected chi connectivity index (χ1v) is 7.27. The topological polar surface area (TPSA) is 113 Å². The lowest BCUT2D eigenvalue weighted by Gasteiger charge is -2.35. The lowest BCUT2D eigenvalue weighted by molar-refractivity contribution is -0.393. The molecule has 1 aliphatic rings. The number of nitrogens with zero attached hydrogens (tertiary/aromatic N) is 4. The number of benzene rings is 1. The highest BCUT2D eigenvalue weighted by Gasteiger charge is 2.39. The normalized spacial score (nSPS) is 16.1. The van der Waals surface area contributed by atoms with E-state index in [-0.39, 0.29) is 19.7 Å². The van der Waals surface area contributed by atoms with Crippen molar-refractivity contribution in [2.75, 3.05) is 44.2 Å². The van der Waals surface area contributed by atoms with Crippen molar-refractivity contribution in [3.05, 3.63) is 37.9 Å². The van der Waals surface area contributed by atoms with Crippen LogP contribution in [0.5, 0.6) is 0 Å². The maximum atomic E-state index is 12.9. The van der Waals surface area contributed by atoms with Crippen LogP contribution in [0.1, 0.15) is 5.56 Å². The number of alkyl halides is 3. The molecule has 1 N–H and O–H groups in total. The summed E-state index contributed by atoms with van der Waals surface area (Å²) in [5, 5.41) is 31.4. The zero-order chi connectivity index (χ0) is 18.8. The molecule has 0 aromatic heterocycles. The number of halogens is 3. The monoisotopic (exact) mass is 364 g/mol. The molecule has 12 heteroatoms. The standard InChI is InChI=1S/C13H15F3N4O5/c14-13(15,16)9-7-10(19(22)23)12(11(8-9)20(24)25)18-3-1-17(2-4-18)5-6-21/h7-8,21H,1-6H2. The molecule has 0 radical (unpaired) electrons. The van der Waals surface area contributed by atoms with Crippen LogP contribution in [-0.2, 0) is 6.18 Å². The molecule has 1 aliphatic heterocycles. The summed E-state index contributed by atoms with van der Waals surface area (Å²) in [5.74, 6) is 0. The lowest BCUT2D eigenvalue weighted by atomic mass is 10.1. The Morgan fingerprint density at radius 3 is 1.88 bits per heavy atom. The summed E-state index contributed by atoms with van der Waals surface area (Å²) >= 11 is 0. The number of aliphatic hydroxyl groups excluding tert-OH is 1. The fraction of sp³-hybridized carbons (Fsp3) is 0.538. The predicted octanol–water partition coefficient (Wildman–Crippen LogP) is 1.64. The summed E-state index contributed by atoms with van der Waals surface area (Å²) in [7, 11) is 0. The van der Waals surface area contributed by atoms with Gasteiger partial charge in [0.2, 0.25) is 0 Å². The van der Waals surface area contributed by atoms with Crippen molar-refractivity contribution in [3.8, 4) is 0 Å². The first-order chi connectivity index (χ1) is 11.6. The molecular weight excluding hydrogens is 349 g/mol. The zero-order valence-electron chi connectivity index (χ0n) is 12.9. The highest BCUT2D eigenvalue weighted by atomic mass is 19.4. The first-order valence-electron chi connectivity index (χ1n) is 7.27. The Kier molecular flexibility index (Phi) is 5.42. The zero-order valence-corrected chi connectivity index (χ0v) is 12.9. The molecule has 1 aromatic rings.